The van der Waals surface area contributed by atoms with E-state index < -0.39 is 5.97 Å². The minimum Gasteiger partial charge on any atom is -0.496 e. The Balaban J connectivity index is 1.52. The number of carboxylic acid groups (broad SMARTS) is 1. The van der Waals surface area contributed by atoms with E-state index >= 15 is 0 Å². The van der Waals surface area contributed by atoms with Gasteiger partial charge in [0, 0.05) is 54.4 Å². The molecule has 3 aromatic rings. The van der Waals surface area contributed by atoms with Gasteiger partial charge in [-0.3, -0.25) is 9.80 Å². The van der Waals surface area contributed by atoms with Gasteiger partial charge >= 0.3 is 5.97 Å². The zero-order valence-electron chi connectivity index (χ0n) is 18.1. The van der Waals surface area contributed by atoms with Crippen molar-refractivity contribution < 1.29 is 14.6 Å². The van der Waals surface area contributed by atoms with E-state index in [1.54, 1.807) is 19.2 Å². The minimum atomic E-state index is -0.883. The number of aromatic carboxylic acids is 1. The molecule has 2 fully saturated rings. The Hall–Kier alpha value is -2.83. The van der Waals surface area contributed by atoms with Crippen LogP contribution in [-0.2, 0) is 6.54 Å². The third-order valence-electron chi connectivity index (χ3n) is 7.03. The number of carbonyl (C=O) groups is 1. The van der Waals surface area contributed by atoms with Gasteiger partial charge in [-0.1, -0.05) is 12.1 Å². The fourth-order valence-corrected chi connectivity index (χ4v) is 5.40. The molecule has 0 spiro atoms. The van der Waals surface area contributed by atoms with E-state index in [1.165, 1.54) is 34.9 Å². The summed E-state index contributed by atoms with van der Waals surface area (Å²) < 4.78 is 5.80. The highest BCUT2D eigenvalue weighted by atomic mass is 16.5. The molecule has 0 amide bonds. The predicted molar refractivity (Wildman–Crippen MR) is 121 cm³/mol. The van der Waals surface area contributed by atoms with Crippen LogP contribution in [0.4, 0.5) is 0 Å². The SMILES string of the molecule is COc1cc(C)c2[nH]ccc2c1CN1CC2CCCN2CC1c1ccc(C(=O)O)cc1. The van der Waals surface area contributed by atoms with Gasteiger partial charge in [-0.15, -0.1) is 0 Å². The molecule has 2 saturated heterocycles. The lowest BCUT2D eigenvalue weighted by atomic mass is 9.96. The molecule has 3 heterocycles. The van der Waals surface area contributed by atoms with Crippen LogP contribution in [0, 0.1) is 6.92 Å². The number of carboxylic acids is 1. The van der Waals surface area contributed by atoms with Gasteiger partial charge in [0.25, 0.3) is 0 Å². The van der Waals surface area contributed by atoms with Gasteiger partial charge < -0.3 is 14.8 Å². The van der Waals surface area contributed by atoms with Crippen LogP contribution in [0.5, 0.6) is 5.75 Å². The van der Waals surface area contributed by atoms with Crippen molar-refractivity contribution in [3.8, 4) is 5.75 Å². The van der Waals surface area contributed by atoms with Crippen molar-refractivity contribution in [2.24, 2.45) is 0 Å². The summed E-state index contributed by atoms with van der Waals surface area (Å²) in [7, 11) is 1.74. The largest absolute Gasteiger partial charge is 0.496 e. The average Bonchev–Trinajstić information content (AvgIpc) is 3.44. The maximum atomic E-state index is 11.3. The fraction of sp³-hybridized carbons (Fsp3) is 0.400. The monoisotopic (exact) mass is 419 g/mol. The number of aromatic nitrogens is 1. The van der Waals surface area contributed by atoms with Crippen molar-refractivity contribution in [1.29, 1.82) is 0 Å². The van der Waals surface area contributed by atoms with Gasteiger partial charge in [0.2, 0.25) is 0 Å². The standard InChI is InChI=1S/C25H29N3O3/c1-16-12-23(31-2)21(20-9-10-26-24(16)20)14-28-13-19-4-3-11-27(19)15-22(28)17-5-7-18(8-6-17)25(29)30/h5-10,12,19,22,26H,3-4,11,13-15H2,1-2H3,(H,29,30). The number of nitrogens with one attached hydrogen (secondary N) is 1. The fourth-order valence-electron chi connectivity index (χ4n) is 5.40. The number of hydrogen-bond donors (Lipinski definition) is 2. The molecule has 0 radical (unpaired) electrons. The number of ether oxygens (including phenoxy) is 1. The molecule has 2 N–H and O–H groups in total. The summed E-state index contributed by atoms with van der Waals surface area (Å²) in [6.45, 7) is 6.04. The lowest BCUT2D eigenvalue weighted by molar-refractivity contribution is 0.0446. The second-order valence-electron chi connectivity index (χ2n) is 8.80. The summed E-state index contributed by atoms with van der Waals surface area (Å²) in [5, 5.41) is 10.5. The number of hydrogen-bond acceptors (Lipinski definition) is 4. The van der Waals surface area contributed by atoms with Crippen LogP contribution in [0.25, 0.3) is 10.9 Å². The van der Waals surface area contributed by atoms with Crippen molar-refractivity contribution in [2.75, 3.05) is 26.7 Å². The van der Waals surface area contributed by atoms with Crippen molar-refractivity contribution in [2.45, 2.75) is 38.4 Å². The molecule has 2 aromatic carbocycles. The Labute approximate surface area is 182 Å². The van der Waals surface area contributed by atoms with Crippen LogP contribution in [0.3, 0.4) is 0 Å². The Bertz CT molecular complexity index is 1110. The molecular weight excluding hydrogens is 390 g/mol. The van der Waals surface area contributed by atoms with Crippen molar-refractivity contribution >= 4 is 16.9 Å². The molecule has 2 unspecified atom stereocenters. The Morgan fingerprint density at radius 3 is 2.77 bits per heavy atom. The third-order valence-corrected chi connectivity index (χ3v) is 7.03. The normalized spacial score (nSPS) is 22.0. The molecule has 1 aromatic heterocycles. The lowest BCUT2D eigenvalue weighted by Crippen LogP contribution is -2.51. The quantitative estimate of drug-likeness (QED) is 0.649. The van der Waals surface area contributed by atoms with Crippen molar-refractivity contribution in [1.82, 2.24) is 14.8 Å². The number of fused-ring (bicyclic) bond motifs is 2. The summed E-state index contributed by atoms with van der Waals surface area (Å²) in [5.41, 5.74) is 5.06. The first kappa shape index (κ1) is 20.1. The lowest BCUT2D eigenvalue weighted by Gasteiger charge is -2.44. The number of methoxy groups -OCH3 is 1. The zero-order valence-corrected chi connectivity index (χ0v) is 18.1. The summed E-state index contributed by atoms with van der Waals surface area (Å²) in [5.74, 6) is 0.0457. The number of benzene rings is 2. The van der Waals surface area contributed by atoms with E-state index in [1.807, 2.05) is 18.3 Å². The molecule has 6 nitrogen and oxygen atoms in total. The van der Waals surface area contributed by atoms with E-state index in [4.69, 9.17) is 4.74 Å². The maximum Gasteiger partial charge on any atom is 0.335 e. The molecule has 2 aliphatic heterocycles. The summed E-state index contributed by atoms with van der Waals surface area (Å²) in [6, 6.07) is 12.5. The van der Waals surface area contributed by atoms with E-state index in [-0.39, 0.29) is 6.04 Å². The predicted octanol–water partition coefficient (Wildman–Crippen LogP) is 4.20. The number of aromatic amines is 1. The van der Waals surface area contributed by atoms with Crippen LogP contribution in [0.2, 0.25) is 0 Å². The first-order valence-corrected chi connectivity index (χ1v) is 11.0. The van der Waals surface area contributed by atoms with Gasteiger partial charge in [0.05, 0.1) is 12.7 Å². The van der Waals surface area contributed by atoms with Crippen LogP contribution >= 0.6 is 0 Å². The second-order valence-corrected chi connectivity index (χ2v) is 8.80. The summed E-state index contributed by atoms with van der Waals surface area (Å²) in [4.78, 5) is 19.8. The number of piperazine rings is 1. The highest BCUT2D eigenvalue weighted by Gasteiger charge is 2.37. The molecule has 6 heteroatoms. The average molecular weight is 420 g/mol. The van der Waals surface area contributed by atoms with E-state index in [0.717, 1.165) is 37.4 Å². The van der Waals surface area contributed by atoms with Gasteiger partial charge in [-0.05, 0) is 61.7 Å². The van der Waals surface area contributed by atoms with Crippen LogP contribution in [0.1, 0.15) is 45.9 Å². The van der Waals surface area contributed by atoms with Crippen LogP contribution < -0.4 is 4.74 Å². The molecule has 5 rings (SSSR count). The third kappa shape index (κ3) is 3.60. The number of H-pyrrole nitrogens is 1. The summed E-state index contributed by atoms with van der Waals surface area (Å²) >= 11 is 0. The number of nitrogens with zero attached hydrogens (tertiary/aromatic N) is 2. The molecule has 0 bridgehead atoms. The number of aryl methyl sites for hydroxylation is 1. The Kier molecular flexibility index (Phi) is 5.20. The van der Waals surface area contributed by atoms with Crippen molar-refractivity contribution in [3.63, 3.8) is 0 Å². The van der Waals surface area contributed by atoms with E-state index in [2.05, 4.69) is 33.8 Å². The highest BCUT2D eigenvalue weighted by molar-refractivity contribution is 5.88. The molecular formula is C25H29N3O3. The second kappa shape index (κ2) is 8.02. The van der Waals surface area contributed by atoms with Crippen LogP contribution in [-0.4, -0.2) is 58.6 Å². The topological polar surface area (TPSA) is 68.8 Å². The highest BCUT2D eigenvalue weighted by Crippen LogP contribution is 2.37. The van der Waals surface area contributed by atoms with E-state index in [0.29, 0.717) is 11.6 Å². The molecule has 31 heavy (non-hydrogen) atoms. The molecule has 0 saturated carbocycles. The number of rotatable bonds is 5. The zero-order chi connectivity index (χ0) is 21.5. The maximum absolute atomic E-state index is 11.3. The minimum absolute atomic E-state index is 0.220. The van der Waals surface area contributed by atoms with Gasteiger partial charge in [0.15, 0.2) is 0 Å². The van der Waals surface area contributed by atoms with Crippen molar-refractivity contribution in [3.05, 3.63) is 64.8 Å². The first-order valence-electron chi connectivity index (χ1n) is 11.0. The van der Waals surface area contributed by atoms with E-state index in [9.17, 15) is 9.90 Å². The molecule has 2 aliphatic rings. The summed E-state index contributed by atoms with van der Waals surface area (Å²) in [6.07, 6.45) is 4.49. The molecule has 162 valence electrons. The van der Waals surface area contributed by atoms with Gasteiger partial charge in [-0.25, -0.2) is 4.79 Å². The smallest absolute Gasteiger partial charge is 0.335 e. The Morgan fingerprint density at radius 1 is 1.23 bits per heavy atom. The van der Waals surface area contributed by atoms with Gasteiger partial charge in [-0.2, -0.15) is 0 Å². The molecule has 2 atom stereocenters. The first-order chi connectivity index (χ1) is 15.0. The molecule has 0 aliphatic carbocycles. The van der Waals surface area contributed by atoms with Gasteiger partial charge in [0.1, 0.15) is 5.75 Å². The van der Waals surface area contributed by atoms with Crippen LogP contribution in [0.15, 0.2) is 42.6 Å². The Morgan fingerprint density at radius 2 is 2.03 bits per heavy atom.